The fourth-order valence-electron chi connectivity index (χ4n) is 3.36. The Bertz CT molecular complexity index is 955. The lowest BCUT2D eigenvalue weighted by atomic mass is 10.0. The quantitative estimate of drug-likeness (QED) is 0.0801. The lowest BCUT2D eigenvalue weighted by Crippen LogP contribution is -2.57. The number of nitrogens with one attached hydrogen (secondary N) is 4. The van der Waals surface area contributed by atoms with E-state index in [4.69, 9.17) is 22.3 Å². The molecule has 4 unspecified atom stereocenters. The third kappa shape index (κ3) is 12.3. The number of carboxylic acid groups (broad SMARTS) is 2. The third-order valence-corrected chi connectivity index (χ3v) is 5.49. The standard InChI is InChI=1S/C22H36N8O8/c23-8-2-1-3-15(22(37)38)29-21(36)16(9-12-10-26-11-27-12)30-20(35)14(5-7-18(32)33)28-19(34)13(24)4-6-17(25)31/h10-11,13-16H,1-9,23-24H2,(H2,25,31)(H,26,27)(H,28,34)(H,29,36)(H,30,35)(H,32,33)(H,37,38). The van der Waals surface area contributed by atoms with Crippen molar-refractivity contribution in [2.75, 3.05) is 6.54 Å². The van der Waals surface area contributed by atoms with Crippen LogP contribution in [0.4, 0.5) is 0 Å². The van der Waals surface area contributed by atoms with E-state index in [2.05, 4.69) is 25.9 Å². The van der Waals surface area contributed by atoms with E-state index in [1.807, 2.05) is 0 Å². The summed E-state index contributed by atoms with van der Waals surface area (Å²) in [4.78, 5) is 78.9. The highest BCUT2D eigenvalue weighted by atomic mass is 16.4. The first-order valence-corrected chi connectivity index (χ1v) is 12.0. The molecule has 0 aliphatic rings. The molecule has 38 heavy (non-hydrogen) atoms. The fourth-order valence-corrected chi connectivity index (χ4v) is 3.36. The number of primary amides is 1. The van der Waals surface area contributed by atoms with Crippen LogP contribution in [0.2, 0.25) is 0 Å². The molecule has 12 N–H and O–H groups in total. The van der Waals surface area contributed by atoms with Crippen LogP contribution in [0.3, 0.4) is 0 Å². The topological polar surface area (TPSA) is 286 Å². The van der Waals surface area contributed by atoms with Crippen molar-refractivity contribution in [2.45, 2.75) is 75.5 Å². The van der Waals surface area contributed by atoms with Gasteiger partial charge in [-0.2, -0.15) is 0 Å². The molecule has 0 spiro atoms. The predicted molar refractivity (Wildman–Crippen MR) is 132 cm³/mol. The molecular weight excluding hydrogens is 504 g/mol. The first kappa shape index (κ1) is 32.0. The number of unbranched alkanes of at least 4 members (excludes halogenated alkanes) is 1. The number of carbonyl (C=O) groups is 6. The molecule has 4 amide bonds. The highest BCUT2D eigenvalue weighted by Gasteiger charge is 2.31. The summed E-state index contributed by atoms with van der Waals surface area (Å²) in [7, 11) is 0. The molecule has 0 radical (unpaired) electrons. The van der Waals surface area contributed by atoms with E-state index in [1.54, 1.807) is 0 Å². The van der Waals surface area contributed by atoms with Crippen LogP contribution in [0.5, 0.6) is 0 Å². The van der Waals surface area contributed by atoms with Crippen LogP contribution < -0.4 is 33.2 Å². The van der Waals surface area contributed by atoms with Crippen LogP contribution in [0.1, 0.15) is 50.6 Å². The monoisotopic (exact) mass is 540 g/mol. The number of carbonyl (C=O) groups excluding carboxylic acids is 4. The number of aliphatic carboxylic acids is 2. The molecule has 0 aliphatic heterocycles. The molecule has 1 heterocycles. The Morgan fingerprint density at radius 2 is 1.50 bits per heavy atom. The van der Waals surface area contributed by atoms with E-state index in [-0.39, 0.29) is 32.1 Å². The fraction of sp³-hybridized carbons (Fsp3) is 0.591. The minimum absolute atomic E-state index is 0.0972. The Kier molecular flexibility index (Phi) is 14.0. The van der Waals surface area contributed by atoms with Crippen LogP contribution >= 0.6 is 0 Å². The molecule has 212 valence electrons. The summed E-state index contributed by atoms with van der Waals surface area (Å²) in [6.45, 7) is 0.356. The molecule has 4 atom stereocenters. The average Bonchev–Trinajstić information content (AvgIpc) is 3.36. The van der Waals surface area contributed by atoms with Crippen LogP contribution in [0.15, 0.2) is 12.5 Å². The van der Waals surface area contributed by atoms with Crippen LogP contribution in [0.25, 0.3) is 0 Å². The Labute approximate surface area is 218 Å². The predicted octanol–water partition coefficient (Wildman–Crippen LogP) is -2.92. The van der Waals surface area contributed by atoms with Gasteiger partial charge in [0, 0.05) is 31.2 Å². The van der Waals surface area contributed by atoms with Crippen LogP contribution in [-0.4, -0.2) is 86.5 Å². The number of nitrogens with zero attached hydrogens (tertiary/aromatic N) is 1. The van der Waals surface area contributed by atoms with Crippen molar-refractivity contribution in [3.63, 3.8) is 0 Å². The second kappa shape index (κ2) is 16.6. The van der Waals surface area contributed by atoms with Gasteiger partial charge in [0.25, 0.3) is 0 Å². The third-order valence-electron chi connectivity index (χ3n) is 5.49. The number of imidazole rings is 1. The average molecular weight is 541 g/mol. The molecular formula is C22H36N8O8. The van der Waals surface area contributed by atoms with E-state index in [1.165, 1.54) is 12.5 Å². The maximum atomic E-state index is 13.1. The van der Waals surface area contributed by atoms with E-state index in [0.29, 0.717) is 25.1 Å². The van der Waals surface area contributed by atoms with Crippen molar-refractivity contribution in [3.8, 4) is 0 Å². The summed E-state index contributed by atoms with van der Waals surface area (Å²) in [5.74, 6) is -5.70. The second-order valence-corrected chi connectivity index (χ2v) is 8.63. The van der Waals surface area contributed by atoms with Gasteiger partial charge >= 0.3 is 11.9 Å². The van der Waals surface area contributed by atoms with Gasteiger partial charge in [-0.25, -0.2) is 9.78 Å². The number of amides is 4. The van der Waals surface area contributed by atoms with Gasteiger partial charge in [0.05, 0.1) is 12.4 Å². The number of rotatable bonds is 19. The second-order valence-electron chi connectivity index (χ2n) is 8.63. The number of aromatic amines is 1. The van der Waals surface area contributed by atoms with Gasteiger partial charge in [-0.1, -0.05) is 0 Å². The molecule has 0 fully saturated rings. The number of hydrogen-bond donors (Lipinski definition) is 9. The molecule has 1 aromatic rings. The number of carboxylic acids is 2. The number of hydrogen-bond acceptors (Lipinski definition) is 9. The van der Waals surface area contributed by atoms with Gasteiger partial charge in [-0.15, -0.1) is 0 Å². The molecule has 16 nitrogen and oxygen atoms in total. The van der Waals surface area contributed by atoms with Gasteiger partial charge in [-0.3, -0.25) is 24.0 Å². The number of H-pyrrole nitrogens is 1. The van der Waals surface area contributed by atoms with E-state index < -0.39 is 66.2 Å². The molecule has 0 bridgehead atoms. The Hall–Kier alpha value is -4.05. The summed E-state index contributed by atoms with van der Waals surface area (Å²) < 4.78 is 0. The first-order valence-electron chi connectivity index (χ1n) is 12.0. The van der Waals surface area contributed by atoms with Crippen molar-refractivity contribution >= 4 is 35.6 Å². The Morgan fingerprint density at radius 3 is 2.05 bits per heavy atom. The molecule has 16 heteroatoms. The van der Waals surface area contributed by atoms with Gasteiger partial charge in [-0.05, 0) is 38.6 Å². The molecule has 0 saturated heterocycles. The normalized spacial score (nSPS) is 13.9. The molecule has 1 aromatic heterocycles. The SMILES string of the molecule is NCCCCC(NC(=O)C(Cc1cnc[nH]1)NC(=O)C(CCC(=O)O)NC(=O)C(N)CCC(N)=O)C(=O)O. The number of aromatic nitrogens is 2. The van der Waals surface area contributed by atoms with Crippen molar-refractivity contribution in [2.24, 2.45) is 17.2 Å². The van der Waals surface area contributed by atoms with E-state index in [0.717, 1.165) is 0 Å². The minimum Gasteiger partial charge on any atom is -0.481 e. The zero-order chi connectivity index (χ0) is 28.7. The lowest BCUT2D eigenvalue weighted by Gasteiger charge is -2.25. The van der Waals surface area contributed by atoms with Gasteiger partial charge in [0.1, 0.15) is 18.1 Å². The maximum absolute atomic E-state index is 13.1. The van der Waals surface area contributed by atoms with Crippen molar-refractivity contribution in [1.82, 2.24) is 25.9 Å². The Morgan fingerprint density at radius 1 is 0.868 bits per heavy atom. The largest absolute Gasteiger partial charge is 0.481 e. The Balaban J connectivity index is 3.05. The summed E-state index contributed by atoms with van der Waals surface area (Å²) >= 11 is 0. The highest BCUT2D eigenvalue weighted by Crippen LogP contribution is 2.07. The molecule has 1 rings (SSSR count). The summed E-state index contributed by atoms with van der Waals surface area (Å²) in [5.41, 5.74) is 16.7. The molecule has 0 aliphatic carbocycles. The zero-order valence-electron chi connectivity index (χ0n) is 20.9. The van der Waals surface area contributed by atoms with Crippen molar-refractivity contribution in [3.05, 3.63) is 18.2 Å². The minimum atomic E-state index is -1.39. The van der Waals surface area contributed by atoms with E-state index >= 15 is 0 Å². The molecule has 0 saturated carbocycles. The zero-order valence-corrected chi connectivity index (χ0v) is 20.9. The van der Waals surface area contributed by atoms with Gasteiger partial charge in [0.2, 0.25) is 23.6 Å². The van der Waals surface area contributed by atoms with Crippen LogP contribution in [0, 0.1) is 0 Å². The van der Waals surface area contributed by atoms with Gasteiger partial charge < -0.3 is 48.3 Å². The van der Waals surface area contributed by atoms with Crippen molar-refractivity contribution < 1.29 is 39.0 Å². The summed E-state index contributed by atoms with van der Waals surface area (Å²) in [6.07, 6.45) is 2.67. The van der Waals surface area contributed by atoms with Crippen LogP contribution in [-0.2, 0) is 35.2 Å². The highest BCUT2D eigenvalue weighted by molar-refractivity contribution is 5.94. The smallest absolute Gasteiger partial charge is 0.326 e. The molecule has 0 aromatic carbocycles. The lowest BCUT2D eigenvalue weighted by molar-refractivity contribution is -0.142. The maximum Gasteiger partial charge on any atom is 0.326 e. The van der Waals surface area contributed by atoms with E-state index in [9.17, 15) is 33.9 Å². The number of nitrogens with two attached hydrogens (primary N) is 3. The summed E-state index contributed by atoms with van der Waals surface area (Å²) in [5, 5.41) is 25.7. The van der Waals surface area contributed by atoms with Gasteiger partial charge in [0.15, 0.2) is 0 Å². The first-order chi connectivity index (χ1) is 17.9. The van der Waals surface area contributed by atoms with Crippen molar-refractivity contribution in [1.29, 1.82) is 0 Å². The summed E-state index contributed by atoms with van der Waals surface area (Å²) in [6, 6.07) is -5.13.